The molecule has 0 amide bonds. The Hall–Kier alpha value is -2.20. The van der Waals surface area contributed by atoms with E-state index in [4.69, 9.17) is 4.74 Å². The highest BCUT2D eigenvalue weighted by Gasteiger charge is 2.02. The average molecular weight is 267 g/mol. The third kappa shape index (κ3) is 3.22. The molecular weight excluding hydrogens is 250 g/mol. The largest absolute Gasteiger partial charge is 0.377 e. The lowest BCUT2D eigenvalue weighted by Gasteiger charge is -2.03. The maximum Gasteiger partial charge on any atom is 0.177 e. The molecule has 0 aliphatic rings. The first kappa shape index (κ1) is 12.8. The molecule has 102 valence electrons. The van der Waals surface area contributed by atoms with Crippen LogP contribution >= 0.6 is 0 Å². The Kier molecular flexibility index (Phi) is 4.04. The fourth-order valence-corrected chi connectivity index (χ4v) is 2.12. The summed E-state index contributed by atoms with van der Waals surface area (Å²) in [4.78, 5) is 11.9. The monoisotopic (exact) mass is 267 g/mol. The number of ether oxygens (including phenoxy) is 1. The first-order chi connectivity index (χ1) is 9.92. The number of hydrogen-bond donors (Lipinski definition) is 1. The van der Waals surface area contributed by atoms with Crippen LogP contribution in [0.1, 0.15) is 17.8 Å². The van der Waals surface area contributed by atoms with Crippen molar-refractivity contribution in [3.63, 3.8) is 0 Å². The predicted octanol–water partition coefficient (Wildman–Crippen LogP) is 3.11. The molecule has 3 rings (SSSR count). The van der Waals surface area contributed by atoms with Gasteiger partial charge < -0.3 is 9.72 Å². The third-order valence-electron chi connectivity index (χ3n) is 3.12. The summed E-state index contributed by atoms with van der Waals surface area (Å²) < 4.78 is 5.66. The van der Waals surface area contributed by atoms with E-state index in [-0.39, 0.29) is 0 Å². The van der Waals surface area contributed by atoms with E-state index in [1.807, 2.05) is 30.3 Å². The molecule has 4 heteroatoms. The molecule has 0 saturated carbocycles. The lowest BCUT2D eigenvalue weighted by Crippen LogP contribution is -1.98. The predicted molar refractivity (Wildman–Crippen MR) is 78.3 cm³/mol. The molecule has 0 aliphatic heterocycles. The van der Waals surface area contributed by atoms with E-state index in [1.165, 1.54) is 5.56 Å². The van der Waals surface area contributed by atoms with E-state index < -0.39 is 0 Å². The molecule has 2 aromatic heterocycles. The maximum atomic E-state index is 5.66. The van der Waals surface area contributed by atoms with Crippen molar-refractivity contribution in [1.82, 2.24) is 15.0 Å². The summed E-state index contributed by atoms with van der Waals surface area (Å²) in [5.41, 5.74) is 2.99. The number of rotatable bonds is 6. The molecule has 0 radical (unpaired) electrons. The molecule has 20 heavy (non-hydrogen) atoms. The second kappa shape index (κ2) is 6.30. The van der Waals surface area contributed by atoms with Crippen LogP contribution in [0.4, 0.5) is 0 Å². The van der Waals surface area contributed by atoms with E-state index in [0.29, 0.717) is 6.61 Å². The SMILES string of the molecule is c1ccc(COCCCc2nc3ncccc3[nH]2)cc1. The minimum atomic E-state index is 0.669. The van der Waals surface area contributed by atoms with Crippen molar-refractivity contribution in [3.05, 3.63) is 60.0 Å². The lowest BCUT2D eigenvalue weighted by molar-refractivity contribution is 0.118. The molecule has 1 aromatic carbocycles. The molecule has 0 atom stereocenters. The number of hydrogen-bond acceptors (Lipinski definition) is 3. The van der Waals surface area contributed by atoms with Crippen molar-refractivity contribution in [2.45, 2.75) is 19.4 Å². The minimum Gasteiger partial charge on any atom is -0.377 e. The van der Waals surface area contributed by atoms with Gasteiger partial charge in [-0.05, 0) is 24.1 Å². The normalized spacial score (nSPS) is 11.0. The maximum absolute atomic E-state index is 5.66. The van der Waals surface area contributed by atoms with Crippen molar-refractivity contribution in [1.29, 1.82) is 0 Å². The van der Waals surface area contributed by atoms with E-state index in [2.05, 4.69) is 27.1 Å². The number of nitrogens with one attached hydrogen (secondary N) is 1. The zero-order chi connectivity index (χ0) is 13.6. The number of aromatic nitrogens is 3. The average Bonchev–Trinajstić information content (AvgIpc) is 2.90. The van der Waals surface area contributed by atoms with Crippen LogP contribution < -0.4 is 0 Å². The number of fused-ring (bicyclic) bond motifs is 1. The third-order valence-corrected chi connectivity index (χ3v) is 3.12. The van der Waals surface area contributed by atoms with Gasteiger partial charge in [0, 0.05) is 19.2 Å². The van der Waals surface area contributed by atoms with Gasteiger partial charge >= 0.3 is 0 Å². The summed E-state index contributed by atoms with van der Waals surface area (Å²) in [6, 6.07) is 14.1. The second-order valence-electron chi connectivity index (χ2n) is 4.70. The fraction of sp³-hybridized carbons (Fsp3) is 0.250. The van der Waals surface area contributed by atoms with Crippen LogP contribution in [0.2, 0.25) is 0 Å². The van der Waals surface area contributed by atoms with Crippen molar-refractivity contribution < 1.29 is 4.74 Å². The van der Waals surface area contributed by atoms with Crippen LogP contribution in [-0.2, 0) is 17.8 Å². The van der Waals surface area contributed by atoms with Crippen LogP contribution in [0.3, 0.4) is 0 Å². The van der Waals surface area contributed by atoms with Crippen LogP contribution in [0.25, 0.3) is 11.2 Å². The molecule has 0 unspecified atom stereocenters. The van der Waals surface area contributed by atoms with Gasteiger partial charge in [-0.1, -0.05) is 30.3 Å². The van der Waals surface area contributed by atoms with E-state index in [1.54, 1.807) is 6.20 Å². The van der Waals surface area contributed by atoms with Gasteiger partial charge in [0.1, 0.15) is 5.82 Å². The zero-order valence-electron chi connectivity index (χ0n) is 11.2. The van der Waals surface area contributed by atoms with E-state index in [9.17, 15) is 0 Å². The van der Waals surface area contributed by atoms with Gasteiger partial charge in [-0.15, -0.1) is 0 Å². The molecular formula is C16H17N3O. The fourth-order valence-electron chi connectivity index (χ4n) is 2.12. The lowest BCUT2D eigenvalue weighted by atomic mass is 10.2. The highest BCUT2D eigenvalue weighted by atomic mass is 16.5. The summed E-state index contributed by atoms with van der Waals surface area (Å²) in [7, 11) is 0. The van der Waals surface area contributed by atoms with Crippen LogP contribution in [-0.4, -0.2) is 21.6 Å². The van der Waals surface area contributed by atoms with Gasteiger partial charge in [-0.2, -0.15) is 0 Å². The van der Waals surface area contributed by atoms with Crippen LogP contribution in [0, 0.1) is 0 Å². The van der Waals surface area contributed by atoms with Crippen molar-refractivity contribution >= 4 is 11.2 Å². The number of aromatic amines is 1. The number of imidazole rings is 1. The highest BCUT2D eigenvalue weighted by Crippen LogP contribution is 2.09. The Morgan fingerprint density at radius 3 is 2.80 bits per heavy atom. The Bertz CT molecular complexity index is 631. The Balaban J connectivity index is 1.43. The molecule has 0 aliphatic carbocycles. The van der Waals surface area contributed by atoms with Crippen LogP contribution in [0.15, 0.2) is 48.7 Å². The summed E-state index contributed by atoms with van der Waals surface area (Å²) >= 11 is 0. The van der Waals surface area contributed by atoms with Crippen LogP contribution in [0.5, 0.6) is 0 Å². The van der Waals surface area contributed by atoms with Crippen molar-refractivity contribution in [2.75, 3.05) is 6.61 Å². The number of benzene rings is 1. The number of aryl methyl sites for hydroxylation is 1. The van der Waals surface area contributed by atoms with Gasteiger partial charge in [-0.25, -0.2) is 9.97 Å². The van der Waals surface area contributed by atoms with E-state index in [0.717, 1.165) is 36.4 Å². The molecule has 1 N–H and O–H groups in total. The molecule has 0 spiro atoms. The Labute approximate surface area is 117 Å². The molecule has 0 saturated heterocycles. The first-order valence-electron chi connectivity index (χ1n) is 6.83. The standard InChI is InChI=1S/C16H17N3O/c1-2-6-13(7-3-1)12-20-11-5-9-15-18-14-8-4-10-17-16(14)19-15/h1-4,6-8,10H,5,9,11-12H2,(H,17,18,19). The number of nitrogens with zero attached hydrogens (tertiary/aromatic N) is 2. The van der Waals surface area contributed by atoms with Gasteiger partial charge in [0.25, 0.3) is 0 Å². The van der Waals surface area contributed by atoms with Gasteiger partial charge in [0.15, 0.2) is 5.65 Å². The Morgan fingerprint density at radius 2 is 1.95 bits per heavy atom. The summed E-state index contributed by atoms with van der Waals surface area (Å²) in [5, 5.41) is 0. The van der Waals surface area contributed by atoms with Gasteiger partial charge in [0.2, 0.25) is 0 Å². The molecule has 2 heterocycles. The van der Waals surface area contributed by atoms with Gasteiger partial charge in [-0.3, -0.25) is 0 Å². The topological polar surface area (TPSA) is 50.8 Å². The summed E-state index contributed by atoms with van der Waals surface area (Å²) in [6.45, 7) is 1.40. The minimum absolute atomic E-state index is 0.669. The Morgan fingerprint density at radius 1 is 1.05 bits per heavy atom. The quantitative estimate of drug-likeness (QED) is 0.698. The van der Waals surface area contributed by atoms with Crippen molar-refractivity contribution in [3.8, 4) is 0 Å². The highest BCUT2D eigenvalue weighted by molar-refractivity contribution is 5.69. The summed E-state index contributed by atoms with van der Waals surface area (Å²) in [5.74, 6) is 0.974. The smallest absolute Gasteiger partial charge is 0.177 e. The summed E-state index contributed by atoms with van der Waals surface area (Å²) in [6.07, 6.45) is 3.59. The molecule has 4 nitrogen and oxygen atoms in total. The molecule has 3 aromatic rings. The first-order valence-corrected chi connectivity index (χ1v) is 6.83. The van der Waals surface area contributed by atoms with Gasteiger partial charge in [0.05, 0.1) is 12.1 Å². The van der Waals surface area contributed by atoms with Crippen molar-refractivity contribution in [2.24, 2.45) is 0 Å². The second-order valence-corrected chi connectivity index (χ2v) is 4.70. The van der Waals surface area contributed by atoms with E-state index >= 15 is 0 Å². The molecule has 0 fully saturated rings. The number of H-pyrrole nitrogens is 1. The zero-order valence-corrected chi connectivity index (χ0v) is 11.2. The molecule has 0 bridgehead atoms. The number of pyridine rings is 1.